The maximum atomic E-state index is 11.1. The third-order valence-electron chi connectivity index (χ3n) is 1.45. The number of nitriles is 1. The van der Waals surface area contributed by atoms with Gasteiger partial charge in [-0.2, -0.15) is 5.26 Å². The molecule has 0 fully saturated rings. The molecule has 0 saturated carbocycles. The van der Waals surface area contributed by atoms with Gasteiger partial charge in [0.1, 0.15) is 6.42 Å². The molecule has 0 aliphatic rings. The second kappa shape index (κ2) is 6.62. The van der Waals surface area contributed by atoms with Crippen LogP contribution in [-0.2, 0) is 4.79 Å². The Labute approximate surface area is 72.4 Å². The molecule has 0 aromatic carbocycles. The van der Waals surface area contributed by atoms with E-state index in [2.05, 4.69) is 0 Å². The normalized spacial score (nSPS) is 9.08. The van der Waals surface area contributed by atoms with Gasteiger partial charge < -0.3 is 10.0 Å². The first-order valence-electron chi connectivity index (χ1n) is 4.01. The molecule has 0 unspecified atom stereocenters. The number of carbonyl (C=O) groups is 1. The Kier molecular flexibility index (Phi) is 6.02. The van der Waals surface area contributed by atoms with Gasteiger partial charge in [-0.05, 0) is 6.42 Å². The minimum atomic E-state index is -0.201. The van der Waals surface area contributed by atoms with Gasteiger partial charge in [0.15, 0.2) is 0 Å². The van der Waals surface area contributed by atoms with E-state index < -0.39 is 0 Å². The van der Waals surface area contributed by atoms with Crippen molar-refractivity contribution in [3.63, 3.8) is 0 Å². The van der Waals surface area contributed by atoms with Gasteiger partial charge in [-0.25, -0.2) is 0 Å². The highest BCUT2D eigenvalue weighted by molar-refractivity contribution is 5.78. The van der Waals surface area contributed by atoms with Crippen molar-refractivity contribution in [2.75, 3.05) is 19.7 Å². The summed E-state index contributed by atoms with van der Waals surface area (Å²) in [5.74, 6) is -0.201. The molecule has 68 valence electrons. The van der Waals surface area contributed by atoms with Gasteiger partial charge in [-0.15, -0.1) is 0 Å². The van der Waals surface area contributed by atoms with Gasteiger partial charge in [0.2, 0.25) is 5.91 Å². The second-order valence-corrected chi connectivity index (χ2v) is 2.44. The maximum absolute atomic E-state index is 11.1. The van der Waals surface area contributed by atoms with Crippen LogP contribution in [0.15, 0.2) is 0 Å². The number of aliphatic hydroxyl groups is 1. The van der Waals surface area contributed by atoms with Crippen LogP contribution in [0, 0.1) is 11.3 Å². The Morgan fingerprint density at radius 2 is 2.25 bits per heavy atom. The number of aliphatic hydroxyl groups excluding tert-OH is 1. The van der Waals surface area contributed by atoms with Crippen molar-refractivity contribution in [1.82, 2.24) is 4.90 Å². The monoisotopic (exact) mass is 170 g/mol. The molecule has 0 radical (unpaired) electrons. The average molecular weight is 170 g/mol. The van der Waals surface area contributed by atoms with Crippen LogP contribution in [-0.4, -0.2) is 35.6 Å². The number of carbonyl (C=O) groups excluding carboxylic acids is 1. The molecule has 0 aromatic heterocycles. The fraction of sp³-hybridized carbons (Fsp3) is 0.750. The maximum Gasteiger partial charge on any atom is 0.236 e. The Morgan fingerprint density at radius 1 is 1.58 bits per heavy atom. The van der Waals surface area contributed by atoms with Crippen molar-refractivity contribution in [2.24, 2.45) is 0 Å². The van der Waals surface area contributed by atoms with Gasteiger partial charge >= 0.3 is 0 Å². The average Bonchev–Trinajstić information content (AvgIpc) is 2.04. The molecule has 0 bridgehead atoms. The smallest absolute Gasteiger partial charge is 0.236 e. The third-order valence-corrected chi connectivity index (χ3v) is 1.45. The van der Waals surface area contributed by atoms with Crippen LogP contribution in [0.25, 0.3) is 0 Å². The fourth-order valence-electron chi connectivity index (χ4n) is 0.931. The van der Waals surface area contributed by atoms with Crippen molar-refractivity contribution < 1.29 is 9.90 Å². The van der Waals surface area contributed by atoms with Crippen molar-refractivity contribution in [3.05, 3.63) is 0 Å². The van der Waals surface area contributed by atoms with E-state index in [0.717, 1.165) is 6.42 Å². The summed E-state index contributed by atoms with van der Waals surface area (Å²) in [5.41, 5.74) is 0. The molecule has 0 heterocycles. The number of amides is 1. The molecule has 0 saturated heterocycles. The molecule has 1 amide bonds. The molecule has 0 spiro atoms. The first-order valence-corrected chi connectivity index (χ1v) is 4.01. The molecule has 12 heavy (non-hydrogen) atoms. The van der Waals surface area contributed by atoms with Gasteiger partial charge in [0, 0.05) is 13.1 Å². The molecule has 0 atom stereocenters. The summed E-state index contributed by atoms with van der Waals surface area (Å²) in [6, 6.07) is 1.79. The Balaban J connectivity index is 3.92. The lowest BCUT2D eigenvalue weighted by atomic mass is 10.3. The van der Waals surface area contributed by atoms with Crippen LogP contribution in [0.4, 0.5) is 0 Å². The molecule has 4 nitrogen and oxygen atoms in total. The van der Waals surface area contributed by atoms with Crippen LogP contribution in [0.3, 0.4) is 0 Å². The molecular weight excluding hydrogens is 156 g/mol. The standard InChI is InChI=1S/C8H14N2O2/c1-2-5-10(6-7-11)8(12)3-4-9/h11H,2-3,5-7H2,1H3. The van der Waals surface area contributed by atoms with E-state index in [0.29, 0.717) is 13.1 Å². The van der Waals surface area contributed by atoms with Gasteiger partial charge in [0.05, 0.1) is 12.7 Å². The summed E-state index contributed by atoms with van der Waals surface area (Å²) in [6.07, 6.45) is 0.747. The zero-order valence-corrected chi connectivity index (χ0v) is 7.29. The molecule has 0 aromatic rings. The number of rotatable bonds is 5. The minimum Gasteiger partial charge on any atom is -0.395 e. The quantitative estimate of drug-likeness (QED) is 0.638. The van der Waals surface area contributed by atoms with E-state index in [1.807, 2.05) is 6.92 Å². The van der Waals surface area contributed by atoms with Crippen LogP contribution < -0.4 is 0 Å². The van der Waals surface area contributed by atoms with Crippen LogP contribution in [0.1, 0.15) is 19.8 Å². The van der Waals surface area contributed by atoms with Crippen molar-refractivity contribution in [2.45, 2.75) is 19.8 Å². The third kappa shape index (κ3) is 3.94. The highest BCUT2D eigenvalue weighted by Crippen LogP contribution is 1.94. The van der Waals surface area contributed by atoms with Crippen LogP contribution >= 0.6 is 0 Å². The molecule has 0 rings (SSSR count). The highest BCUT2D eigenvalue weighted by Gasteiger charge is 2.10. The summed E-state index contributed by atoms with van der Waals surface area (Å²) in [6.45, 7) is 2.84. The predicted octanol–water partition coefficient (Wildman–Crippen LogP) is 0.131. The summed E-state index contributed by atoms with van der Waals surface area (Å²) >= 11 is 0. The SMILES string of the molecule is CCCN(CCO)C(=O)CC#N. The zero-order chi connectivity index (χ0) is 9.40. The van der Waals surface area contributed by atoms with E-state index in [-0.39, 0.29) is 18.9 Å². The first-order chi connectivity index (χ1) is 5.76. The largest absolute Gasteiger partial charge is 0.395 e. The highest BCUT2D eigenvalue weighted by atomic mass is 16.3. The Morgan fingerprint density at radius 3 is 2.67 bits per heavy atom. The lowest BCUT2D eigenvalue weighted by Crippen LogP contribution is -2.33. The minimum absolute atomic E-state index is 0.0445. The lowest BCUT2D eigenvalue weighted by molar-refractivity contribution is -0.130. The molecule has 1 N–H and O–H groups in total. The topological polar surface area (TPSA) is 64.3 Å². The summed E-state index contributed by atoms with van der Waals surface area (Å²) in [4.78, 5) is 12.6. The lowest BCUT2D eigenvalue weighted by Gasteiger charge is -2.19. The van der Waals surface area contributed by atoms with Crippen molar-refractivity contribution >= 4 is 5.91 Å². The van der Waals surface area contributed by atoms with E-state index in [9.17, 15) is 4.79 Å². The van der Waals surface area contributed by atoms with E-state index in [1.54, 1.807) is 6.07 Å². The van der Waals surface area contributed by atoms with Gasteiger partial charge in [-0.1, -0.05) is 6.92 Å². The van der Waals surface area contributed by atoms with E-state index >= 15 is 0 Å². The first kappa shape index (κ1) is 10.9. The molecular formula is C8H14N2O2. The number of hydrogen-bond donors (Lipinski definition) is 1. The van der Waals surface area contributed by atoms with Gasteiger partial charge in [-0.3, -0.25) is 4.79 Å². The summed E-state index contributed by atoms with van der Waals surface area (Å²) in [7, 11) is 0. The summed E-state index contributed by atoms with van der Waals surface area (Å²) in [5, 5.41) is 16.9. The van der Waals surface area contributed by atoms with Gasteiger partial charge in [0.25, 0.3) is 0 Å². The summed E-state index contributed by atoms with van der Waals surface area (Å²) < 4.78 is 0. The molecule has 4 heteroatoms. The van der Waals surface area contributed by atoms with Crippen LogP contribution in [0.2, 0.25) is 0 Å². The predicted molar refractivity (Wildman–Crippen MR) is 44.2 cm³/mol. The van der Waals surface area contributed by atoms with E-state index in [1.165, 1.54) is 4.90 Å². The van der Waals surface area contributed by atoms with Crippen molar-refractivity contribution in [3.8, 4) is 6.07 Å². The molecule has 0 aliphatic heterocycles. The Hall–Kier alpha value is -1.08. The Bertz CT molecular complexity index is 168. The van der Waals surface area contributed by atoms with Crippen molar-refractivity contribution in [1.29, 1.82) is 5.26 Å². The molecule has 0 aliphatic carbocycles. The van der Waals surface area contributed by atoms with Crippen LogP contribution in [0.5, 0.6) is 0 Å². The second-order valence-electron chi connectivity index (χ2n) is 2.44. The fourth-order valence-corrected chi connectivity index (χ4v) is 0.931. The number of nitrogens with zero attached hydrogens (tertiary/aromatic N) is 2. The van der Waals surface area contributed by atoms with E-state index in [4.69, 9.17) is 10.4 Å². The number of hydrogen-bond acceptors (Lipinski definition) is 3. The zero-order valence-electron chi connectivity index (χ0n) is 7.29.